The Balaban J connectivity index is 2.26. The molecule has 1 unspecified atom stereocenters. The van der Waals surface area contributed by atoms with Gasteiger partial charge in [-0.15, -0.1) is 0 Å². The summed E-state index contributed by atoms with van der Waals surface area (Å²) >= 11 is 0. The van der Waals surface area contributed by atoms with Gasteiger partial charge in [-0.05, 0) is 24.2 Å². The largest absolute Gasteiger partial charge is 0.386 e. The summed E-state index contributed by atoms with van der Waals surface area (Å²) in [6, 6.07) is 0. The van der Waals surface area contributed by atoms with E-state index in [1.807, 2.05) is 20.8 Å². The summed E-state index contributed by atoms with van der Waals surface area (Å²) in [6.45, 7) is 6.13. The van der Waals surface area contributed by atoms with Gasteiger partial charge < -0.3 is 5.11 Å². The third-order valence-corrected chi connectivity index (χ3v) is 3.84. The Hall–Kier alpha value is -1.16. The Morgan fingerprint density at radius 3 is 2.53 bits per heavy atom. The van der Waals surface area contributed by atoms with Crippen LogP contribution in [0.5, 0.6) is 0 Å². The smallest absolute Gasteiger partial charge is 0.138 e. The van der Waals surface area contributed by atoms with E-state index in [0.717, 1.165) is 5.70 Å². The van der Waals surface area contributed by atoms with Crippen LogP contribution < -0.4 is 0 Å². The molecule has 1 aromatic rings. The third kappa shape index (κ3) is 3.66. The molecule has 1 heterocycles. The Bertz CT molecular complexity index is 411. The van der Waals surface area contributed by atoms with Gasteiger partial charge in [0.2, 0.25) is 0 Å². The average molecular weight is 263 g/mol. The first kappa shape index (κ1) is 14.3. The van der Waals surface area contributed by atoms with Crippen LogP contribution in [0.15, 0.2) is 18.7 Å². The quantitative estimate of drug-likeness (QED) is 0.911. The van der Waals surface area contributed by atoms with Gasteiger partial charge in [-0.3, -0.25) is 0 Å². The van der Waals surface area contributed by atoms with Crippen molar-refractivity contribution in [3.63, 3.8) is 0 Å². The highest BCUT2D eigenvalue weighted by Crippen LogP contribution is 2.31. The number of aromatic nitrogens is 3. The summed E-state index contributed by atoms with van der Waals surface area (Å²) in [5, 5.41) is 14.8. The van der Waals surface area contributed by atoms with Crippen molar-refractivity contribution in [2.75, 3.05) is 0 Å². The SMILES string of the molecule is CC(C)(C)C(O)/C(=C/C1CCCCC1)n1cncn1. The van der Waals surface area contributed by atoms with Crippen molar-refractivity contribution in [2.24, 2.45) is 11.3 Å². The van der Waals surface area contributed by atoms with Crippen LogP contribution in [0.25, 0.3) is 5.70 Å². The van der Waals surface area contributed by atoms with E-state index in [4.69, 9.17) is 0 Å². The van der Waals surface area contributed by atoms with Crippen LogP contribution in [0.1, 0.15) is 52.9 Å². The van der Waals surface area contributed by atoms with Crippen molar-refractivity contribution in [1.82, 2.24) is 14.8 Å². The van der Waals surface area contributed by atoms with Crippen molar-refractivity contribution in [3.05, 3.63) is 18.7 Å². The van der Waals surface area contributed by atoms with Crippen LogP contribution in [-0.2, 0) is 0 Å². The van der Waals surface area contributed by atoms with E-state index in [2.05, 4.69) is 16.2 Å². The molecule has 0 bridgehead atoms. The van der Waals surface area contributed by atoms with Gasteiger partial charge in [0.25, 0.3) is 0 Å². The van der Waals surface area contributed by atoms with Gasteiger partial charge in [-0.2, -0.15) is 5.10 Å². The third-order valence-electron chi connectivity index (χ3n) is 3.84. The monoisotopic (exact) mass is 263 g/mol. The van der Waals surface area contributed by atoms with Crippen molar-refractivity contribution < 1.29 is 5.11 Å². The predicted octanol–water partition coefficient (Wildman–Crippen LogP) is 3.11. The average Bonchev–Trinajstić information content (AvgIpc) is 2.89. The molecule has 0 aromatic carbocycles. The molecule has 4 nitrogen and oxygen atoms in total. The summed E-state index contributed by atoms with van der Waals surface area (Å²) < 4.78 is 1.71. The lowest BCUT2D eigenvalue weighted by atomic mass is 9.83. The minimum atomic E-state index is -0.531. The number of aliphatic hydroxyl groups excluding tert-OH is 1. The summed E-state index contributed by atoms with van der Waals surface area (Å²) in [5.41, 5.74) is 0.670. The Morgan fingerprint density at radius 2 is 2.00 bits per heavy atom. The number of nitrogens with zero attached hydrogens (tertiary/aromatic N) is 3. The van der Waals surface area contributed by atoms with E-state index in [0.29, 0.717) is 5.92 Å². The van der Waals surface area contributed by atoms with Gasteiger partial charge in [0, 0.05) is 0 Å². The Labute approximate surface area is 115 Å². The van der Waals surface area contributed by atoms with Crippen molar-refractivity contribution >= 4 is 5.70 Å². The molecule has 1 aliphatic rings. The lowest BCUT2D eigenvalue weighted by molar-refractivity contribution is 0.108. The fourth-order valence-corrected chi connectivity index (χ4v) is 2.62. The van der Waals surface area contributed by atoms with Crippen LogP contribution in [0, 0.1) is 11.3 Å². The van der Waals surface area contributed by atoms with Gasteiger partial charge in [0.05, 0.1) is 5.70 Å². The van der Waals surface area contributed by atoms with Gasteiger partial charge >= 0.3 is 0 Å². The summed E-state index contributed by atoms with van der Waals surface area (Å²) in [6.07, 6.45) is 11.2. The van der Waals surface area contributed by atoms with Crippen molar-refractivity contribution in [1.29, 1.82) is 0 Å². The number of allylic oxidation sites excluding steroid dienone is 1. The second kappa shape index (κ2) is 5.87. The van der Waals surface area contributed by atoms with Gasteiger partial charge in [-0.25, -0.2) is 9.67 Å². The number of aliphatic hydroxyl groups is 1. The molecule has 0 spiro atoms. The molecule has 1 aromatic heterocycles. The molecule has 2 rings (SSSR count). The van der Waals surface area contributed by atoms with Crippen LogP contribution in [0.3, 0.4) is 0 Å². The molecule has 1 saturated carbocycles. The van der Waals surface area contributed by atoms with Gasteiger partial charge in [-0.1, -0.05) is 46.1 Å². The number of rotatable bonds is 3. The van der Waals surface area contributed by atoms with Crippen molar-refractivity contribution in [2.45, 2.75) is 59.0 Å². The second-order valence-electron chi connectivity index (χ2n) is 6.60. The van der Waals surface area contributed by atoms with E-state index >= 15 is 0 Å². The van der Waals surface area contributed by atoms with Crippen LogP contribution >= 0.6 is 0 Å². The normalized spacial score (nSPS) is 20.5. The lowest BCUT2D eigenvalue weighted by Crippen LogP contribution is -2.30. The minimum Gasteiger partial charge on any atom is -0.386 e. The first-order valence-electron chi connectivity index (χ1n) is 7.23. The maximum absolute atomic E-state index is 10.6. The molecule has 1 fully saturated rings. The van der Waals surface area contributed by atoms with Crippen LogP contribution in [-0.4, -0.2) is 26.0 Å². The summed E-state index contributed by atoms with van der Waals surface area (Å²) in [5.74, 6) is 0.560. The molecule has 1 aliphatic carbocycles. The Morgan fingerprint density at radius 1 is 1.32 bits per heavy atom. The van der Waals surface area contributed by atoms with Gasteiger partial charge in [0.1, 0.15) is 18.8 Å². The van der Waals surface area contributed by atoms with Crippen LogP contribution in [0.2, 0.25) is 0 Å². The number of hydrogen-bond donors (Lipinski definition) is 1. The molecular weight excluding hydrogens is 238 g/mol. The molecule has 1 atom stereocenters. The standard InChI is InChI=1S/C15H25N3O/c1-15(2,3)14(19)13(18-11-16-10-17-18)9-12-7-5-4-6-8-12/h9-12,14,19H,4-8H2,1-3H3/b13-9-. The van der Waals surface area contributed by atoms with E-state index in [1.165, 1.54) is 38.4 Å². The molecule has 0 radical (unpaired) electrons. The summed E-state index contributed by atoms with van der Waals surface area (Å²) in [4.78, 5) is 4.00. The second-order valence-corrected chi connectivity index (χ2v) is 6.60. The molecule has 4 heteroatoms. The zero-order valence-electron chi connectivity index (χ0n) is 12.2. The topological polar surface area (TPSA) is 50.9 Å². The fourth-order valence-electron chi connectivity index (χ4n) is 2.62. The highest BCUT2D eigenvalue weighted by molar-refractivity contribution is 5.49. The molecule has 19 heavy (non-hydrogen) atoms. The highest BCUT2D eigenvalue weighted by atomic mass is 16.3. The zero-order valence-corrected chi connectivity index (χ0v) is 12.2. The molecule has 1 N–H and O–H groups in total. The van der Waals surface area contributed by atoms with E-state index < -0.39 is 6.10 Å². The zero-order chi connectivity index (χ0) is 13.9. The first-order valence-corrected chi connectivity index (χ1v) is 7.23. The Kier molecular flexibility index (Phi) is 4.40. The lowest BCUT2D eigenvalue weighted by Gasteiger charge is -2.29. The first-order chi connectivity index (χ1) is 8.98. The molecule has 106 valence electrons. The molecule has 0 aliphatic heterocycles. The molecule has 0 amide bonds. The molecular formula is C15H25N3O. The maximum Gasteiger partial charge on any atom is 0.138 e. The van der Waals surface area contributed by atoms with Crippen molar-refractivity contribution in [3.8, 4) is 0 Å². The van der Waals surface area contributed by atoms with E-state index in [1.54, 1.807) is 11.0 Å². The molecule has 0 saturated heterocycles. The van der Waals surface area contributed by atoms with Gasteiger partial charge in [0.15, 0.2) is 0 Å². The van der Waals surface area contributed by atoms with E-state index in [-0.39, 0.29) is 5.41 Å². The minimum absolute atomic E-state index is 0.202. The highest BCUT2D eigenvalue weighted by Gasteiger charge is 2.28. The number of hydrogen-bond acceptors (Lipinski definition) is 3. The predicted molar refractivity (Wildman–Crippen MR) is 76.3 cm³/mol. The fraction of sp³-hybridized carbons (Fsp3) is 0.733. The van der Waals surface area contributed by atoms with E-state index in [9.17, 15) is 5.11 Å². The van der Waals surface area contributed by atoms with Crippen LogP contribution in [0.4, 0.5) is 0 Å². The maximum atomic E-state index is 10.6. The summed E-state index contributed by atoms with van der Waals surface area (Å²) in [7, 11) is 0.